The van der Waals surface area contributed by atoms with Gasteiger partial charge in [-0.2, -0.15) is 4.99 Å². The smallest absolute Gasteiger partial charge is 0.380 e. The first-order valence-corrected chi connectivity index (χ1v) is 10.2. The van der Waals surface area contributed by atoms with E-state index in [2.05, 4.69) is 4.99 Å². The van der Waals surface area contributed by atoms with Gasteiger partial charge in [-0.25, -0.2) is 4.79 Å². The van der Waals surface area contributed by atoms with Gasteiger partial charge in [0.1, 0.15) is 4.88 Å². The van der Waals surface area contributed by atoms with Crippen molar-refractivity contribution in [3.05, 3.63) is 81.6 Å². The number of ketones is 1. The fourth-order valence-corrected chi connectivity index (χ4v) is 4.21. The van der Waals surface area contributed by atoms with E-state index in [1.807, 2.05) is 49.4 Å². The number of nitrogens with zero attached hydrogens (tertiary/aromatic N) is 2. The summed E-state index contributed by atoms with van der Waals surface area (Å²) in [5.74, 6) is -2.10. The summed E-state index contributed by atoms with van der Waals surface area (Å²) in [6.07, 6.45) is 1.75. The lowest BCUT2D eigenvalue weighted by Crippen LogP contribution is -2.16. The molecule has 0 radical (unpaired) electrons. The Morgan fingerprint density at radius 1 is 1.03 bits per heavy atom. The second-order valence-electron chi connectivity index (χ2n) is 6.67. The van der Waals surface area contributed by atoms with Gasteiger partial charge >= 0.3 is 5.97 Å². The Hall–Kier alpha value is -3.58. The minimum absolute atomic E-state index is 0.102. The van der Waals surface area contributed by atoms with E-state index in [0.29, 0.717) is 15.9 Å². The molecule has 30 heavy (non-hydrogen) atoms. The Kier molecular flexibility index (Phi) is 5.29. The van der Waals surface area contributed by atoms with Crippen molar-refractivity contribution in [1.29, 1.82) is 0 Å². The molecule has 2 aromatic heterocycles. The first-order valence-electron chi connectivity index (χ1n) is 9.39. The van der Waals surface area contributed by atoms with E-state index >= 15 is 0 Å². The zero-order valence-corrected chi connectivity index (χ0v) is 17.2. The second kappa shape index (κ2) is 8.04. The van der Waals surface area contributed by atoms with Crippen LogP contribution in [0.2, 0.25) is 0 Å². The van der Waals surface area contributed by atoms with E-state index in [-0.39, 0.29) is 11.5 Å². The third kappa shape index (κ3) is 3.55. The van der Waals surface area contributed by atoms with Gasteiger partial charge in [0.2, 0.25) is 0 Å². The van der Waals surface area contributed by atoms with Crippen LogP contribution in [-0.2, 0) is 9.53 Å². The lowest BCUT2D eigenvalue weighted by atomic mass is 10.1. The van der Waals surface area contributed by atoms with E-state index in [1.165, 1.54) is 0 Å². The molecule has 2 aromatic carbocycles. The van der Waals surface area contributed by atoms with Gasteiger partial charge in [-0.3, -0.25) is 14.0 Å². The van der Waals surface area contributed by atoms with E-state index < -0.39 is 17.7 Å². The van der Waals surface area contributed by atoms with Crippen LogP contribution in [0.5, 0.6) is 0 Å². The molecule has 7 heteroatoms. The summed E-state index contributed by atoms with van der Waals surface area (Å²) >= 11 is 1.00. The van der Waals surface area contributed by atoms with Crippen LogP contribution in [0.15, 0.2) is 65.8 Å². The lowest BCUT2D eigenvalue weighted by molar-refractivity contribution is -0.137. The molecule has 0 N–H and O–H groups in total. The SMILES string of the molecule is CCOC(=O)C(=O)c1sc(=NC(=O)c2ccc(C)cc2)n2ccc3ccccc3c12. The third-order valence-electron chi connectivity index (χ3n) is 4.64. The van der Waals surface area contributed by atoms with E-state index in [0.717, 1.165) is 27.7 Å². The molecule has 0 aliphatic heterocycles. The molecule has 1 amide bonds. The van der Waals surface area contributed by atoms with Crippen LogP contribution >= 0.6 is 11.3 Å². The van der Waals surface area contributed by atoms with E-state index in [1.54, 1.807) is 29.7 Å². The van der Waals surface area contributed by atoms with Gasteiger partial charge in [-0.1, -0.05) is 53.3 Å². The van der Waals surface area contributed by atoms with Crippen molar-refractivity contribution in [1.82, 2.24) is 4.40 Å². The maximum absolute atomic E-state index is 12.8. The zero-order valence-electron chi connectivity index (χ0n) is 16.4. The molecule has 2 heterocycles. The Morgan fingerprint density at radius 2 is 1.77 bits per heavy atom. The molecule has 0 spiro atoms. The highest BCUT2D eigenvalue weighted by molar-refractivity contribution is 7.13. The number of esters is 1. The number of benzene rings is 2. The summed E-state index contributed by atoms with van der Waals surface area (Å²) in [4.78, 5) is 42.4. The van der Waals surface area contributed by atoms with Crippen molar-refractivity contribution in [3.8, 4) is 0 Å². The highest BCUT2D eigenvalue weighted by Gasteiger charge is 2.24. The van der Waals surface area contributed by atoms with Gasteiger partial charge in [0.25, 0.3) is 11.7 Å². The maximum Gasteiger partial charge on any atom is 0.380 e. The molecule has 0 saturated carbocycles. The van der Waals surface area contributed by atoms with Crippen LogP contribution < -0.4 is 4.80 Å². The van der Waals surface area contributed by atoms with Gasteiger partial charge in [0.15, 0.2) is 4.80 Å². The molecule has 0 unspecified atom stereocenters. The molecule has 0 bridgehead atoms. The van der Waals surface area contributed by atoms with Crippen molar-refractivity contribution < 1.29 is 19.1 Å². The number of carbonyl (C=O) groups is 3. The predicted molar refractivity (Wildman–Crippen MR) is 115 cm³/mol. The fourth-order valence-electron chi connectivity index (χ4n) is 3.16. The number of aromatic nitrogens is 1. The largest absolute Gasteiger partial charge is 0.460 e. The van der Waals surface area contributed by atoms with Gasteiger partial charge in [0.05, 0.1) is 12.1 Å². The molecular formula is C23H18N2O4S. The summed E-state index contributed by atoms with van der Waals surface area (Å²) < 4.78 is 6.57. The summed E-state index contributed by atoms with van der Waals surface area (Å²) in [6, 6.07) is 16.5. The summed E-state index contributed by atoms with van der Waals surface area (Å²) in [7, 11) is 0. The van der Waals surface area contributed by atoms with Crippen molar-refractivity contribution in [2.45, 2.75) is 13.8 Å². The number of rotatable bonds is 4. The average Bonchev–Trinajstić information content (AvgIpc) is 3.12. The first kappa shape index (κ1) is 19.7. The van der Waals surface area contributed by atoms with Crippen molar-refractivity contribution in [3.63, 3.8) is 0 Å². The monoisotopic (exact) mass is 418 g/mol. The number of hydrogen-bond donors (Lipinski definition) is 0. The van der Waals surface area contributed by atoms with Crippen molar-refractivity contribution >= 4 is 45.3 Å². The number of hydrogen-bond acceptors (Lipinski definition) is 5. The van der Waals surface area contributed by atoms with Gasteiger partial charge < -0.3 is 4.74 Å². The maximum atomic E-state index is 12.8. The predicted octanol–water partition coefficient (Wildman–Crippen LogP) is 3.95. The summed E-state index contributed by atoms with van der Waals surface area (Å²) in [5, 5.41) is 1.69. The van der Waals surface area contributed by atoms with Crippen LogP contribution in [0, 0.1) is 6.92 Å². The Labute approximate surface area is 176 Å². The highest BCUT2D eigenvalue weighted by Crippen LogP contribution is 2.25. The van der Waals surface area contributed by atoms with Gasteiger partial charge in [-0.15, -0.1) is 0 Å². The molecule has 0 fully saturated rings. The molecule has 0 saturated heterocycles. The van der Waals surface area contributed by atoms with Crippen LogP contribution in [-0.4, -0.2) is 28.7 Å². The average molecular weight is 418 g/mol. The van der Waals surface area contributed by atoms with Crippen molar-refractivity contribution in [2.75, 3.05) is 6.61 Å². The number of pyridine rings is 1. The molecule has 150 valence electrons. The first-order chi connectivity index (χ1) is 14.5. The van der Waals surface area contributed by atoms with Gasteiger partial charge in [-0.05, 0) is 37.4 Å². The Morgan fingerprint density at radius 3 is 2.50 bits per heavy atom. The normalized spacial score (nSPS) is 11.7. The molecule has 4 aromatic rings. The number of carbonyl (C=O) groups excluding carboxylic acids is 3. The van der Waals surface area contributed by atoms with E-state index in [9.17, 15) is 14.4 Å². The second-order valence-corrected chi connectivity index (χ2v) is 7.65. The number of thiazole rings is 1. The van der Waals surface area contributed by atoms with Crippen LogP contribution in [0.1, 0.15) is 32.5 Å². The number of Topliss-reactive ketones (excluding diaryl/α,β-unsaturated/α-hetero) is 1. The van der Waals surface area contributed by atoms with Gasteiger partial charge in [0, 0.05) is 17.1 Å². The van der Waals surface area contributed by atoms with Crippen molar-refractivity contribution in [2.24, 2.45) is 4.99 Å². The number of amides is 1. The number of ether oxygens (including phenoxy) is 1. The lowest BCUT2D eigenvalue weighted by Gasteiger charge is -2.04. The minimum atomic E-state index is -0.925. The van der Waals surface area contributed by atoms with E-state index in [4.69, 9.17) is 4.74 Å². The van der Waals surface area contributed by atoms with Crippen LogP contribution in [0.3, 0.4) is 0 Å². The molecule has 6 nitrogen and oxygen atoms in total. The standard InChI is InChI=1S/C23H18N2O4S/c1-3-29-22(28)19(26)20-18-17-7-5-4-6-15(17)12-13-25(18)23(30-20)24-21(27)16-10-8-14(2)9-11-16/h4-13H,3H2,1-2H3. The molecular weight excluding hydrogens is 400 g/mol. The quantitative estimate of drug-likeness (QED) is 0.286. The molecule has 0 atom stereocenters. The fraction of sp³-hybridized carbons (Fsp3) is 0.130. The molecule has 0 aliphatic carbocycles. The minimum Gasteiger partial charge on any atom is -0.460 e. The Balaban J connectivity index is 1.96. The highest BCUT2D eigenvalue weighted by atomic mass is 32.1. The molecule has 0 aliphatic rings. The van der Waals surface area contributed by atoms with Crippen LogP contribution in [0.4, 0.5) is 0 Å². The summed E-state index contributed by atoms with van der Waals surface area (Å²) in [6.45, 7) is 3.68. The topological polar surface area (TPSA) is 77.2 Å². The number of fused-ring (bicyclic) bond motifs is 3. The third-order valence-corrected chi connectivity index (χ3v) is 5.69. The zero-order chi connectivity index (χ0) is 21.3. The summed E-state index contributed by atoms with van der Waals surface area (Å²) in [5.41, 5.74) is 2.02. The van der Waals surface area contributed by atoms with Crippen LogP contribution in [0.25, 0.3) is 16.3 Å². The Bertz CT molecular complexity index is 1360. The number of aryl methyl sites for hydroxylation is 1. The molecule has 4 rings (SSSR count).